The highest BCUT2D eigenvalue weighted by Gasteiger charge is 2.13. The SMILES string of the molecule is COc1ccc(CNC(=O)c2cc(OCc3ccccc3)no2)cc1. The van der Waals surface area contributed by atoms with Gasteiger partial charge in [0.15, 0.2) is 0 Å². The van der Waals surface area contributed by atoms with Crippen LogP contribution in [-0.2, 0) is 13.2 Å². The third-order valence-corrected chi connectivity index (χ3v) is 3.55. The average molecular weight is 338 g/mol. The van der Waals surface area contributed by atoms with Gasteiger partial charge < -0.3 is 19.3 Å². The Bertz CT molecular complexity index is 813. The molecule has 128 valence electrons. The molecule has 0 spiro atoms. The van der Waals surface area contributed by atoms with E-state index in [1.165, 1.54) is 6.07 Å². The van der Waals surface area contributed by atoms with Gasteiger partial charge in [0.1, 0.15) is 12.4 Å². The van der Waals surface area contributed by atoms with Crippen molar-refractivity contribution in [2.75, 3.05) is 7.11 Å². The highest BCUT2D eigenvalue weighted by molar-refractivity contribution is 5.91. The first-order valence-electron chi connectivity index (χ1n) is 7.79. The van der Waals surface area contributed by atoms with Crippen molar-refractivity contribution in [2.45, 2.75) is 13.2 Å². The van der Waals surface area contributed by atoms with Crippen molar-refractivity contribution < 1.29 is 18.8 Å². The lowest BCUT2D eigenvalue weighted by Gasteiger charge is -2.04. The summed E-state index contributed by atoms with van der Waals surface area (Å²) in [5.74, 6) is 0.804. The number of ether oxygens (including phenoxy) is 2. The van der Waals surface area contributed by atoms with E-state index in [0.29, 0.717) is 13.2 Å². The van der Waals surface area contributed by atoms with E-state index in [2.05, 4.69) is 10.5 Å². The number of nitrogens with zero attached hydrogens (tertiary/aromatic N) is 1. The van der Waals surface area contributed by atoms with Crippen molar-refractivity contribution in [1.29, 1.82) is 0 Å². The zero-order chi connectivity index (χ0) is 17.5. The maximum Gasteiger partial charge on any atom is 0.290 e. The van der Waals surface area contributed by atoms with E-state index in [1.807, 2.05) is 54.6 Å². The summed E-state index contributed by atoms with van der Waals surface area (Å²) in [6.07, 6.45) is 0. The van der Waals surface area contributed by atoms with Gasteiger partial charge >= 0.3 is 0 Å². The molecule has 1 aromatic heterocycles. The lowest BCUT2D eigenvalue weighted by atomic mass is 10.2. The van der Waals surface area contributed by atoms with Gasteiger partial charge in [0.2, 0.25) is 5.76 Å². The Balaban J connectivity index is 1.51. The van der Waals surface area contributed by atoms with E-state index in [1.54, 1.807) is 7.11 Å². The van der Waals surface area contributed by atoms with E-state index in [-0.39, 0.29) is 17.5 Å². The van der Waals surface area contributed by atoms with Gasteiger partial charge in [-0.3, -0.25) is 4.79 Å². The van der Waals surface area contributed by atoms with Crippen molar-refractivity contribution in [3.8, 4) is 11.6 Å². The Morgan fingerprint density at radius 2 is 1.84 bits per heavy atom. The molecule has 3 aromatic rings. The number of rotatable bonds is 7. The van der Waals surface area contributed by atoms with Crippen LogP contribution in [0, 0.1) is 0 Å². The van der Waals surface area contributed by atoms with Gasteiger partial charge in [0, 0.05) is 6.54 Å². The molecular weight excluding hydrogens is 320 g/mol. The number of carbonyl (C=O) groups is 1. The first-order valence-corrected chi connectivity index (χ1v) is 7.79. The van der Waals surface area contributed by atoms with Crippen molar-refractivity contribution in [3.05, 3.63) is 77.6 Å². The third kappa shape index (κ3) is 4.60. The summed E-state index contributed by atoms with van der Waals surface area (Å²) in [7, 11) is 1.61. The van der Waals surface area contributed by atoms with Crippen LogP contribution < -0.4 is 14.8 Å². The fraction of sp³-hybridized carbons (Fsp3) is 0.158. The van der Waals surface area contributed by atoms with Crippen molar-refractivity contribution in [3.63, 3.8) is 0 Å². The Labute approximate surface area is 145 Å². The van der Waals surface area contributed by atoms with Gasteiger partial charge in [0.25, 0.3) is 11.8 Å². The second kappa shape index (κ2) is 8.01. The largest absolute Gasteiger partial charge is 0.497 e. The first-order chi connectivity index (χ1) is 12.2. The van der Waals surface area contributed by atoms with Gasteiger partial charge in [-0.2, -0.15) is 0 Å². The van der Waals surface area contributed by atoms with Crippen LogP contribution >= 0.6 is 0 Å². The van der Waals surface area contributed by atoms with Gasteiger partial charge in [-0.05, 0) is 28.4 Å². The molecule has 0 atom stereocenters. The Morgan fingerprint density at radius 3 is 2.56 bits per heavy atom. The number of nitrogens with one attached hydrogen (secondary N) is 1. The maximum absolute atomic E-state index is 12.1. The van der Waals surface area contributed by atoms with Crippen LogP contribution in [-0.4, -0.2) is 18.2 Å². The summed E-state index contributed by atoms with van der Waals surface area (Å²) >= 11 is 0. The number of aromatic nitrogens is 1. The monoisotopic (exact) mass is 338 g/mol. The number of hydrogen-bond acceptors (Lipinski definition) is 5. The Hall–Kier alpha value is -3.28. The Kier molecular flexibility index (Phi) is 5.31. The fourth-order valence-electron chi connectivity index (χ4n) is 2.18. The fourth-order valence-corrected chi connectivity index (χ4v) is 2.18. The predicted molar refractivity (Wildman–Crippen MR) is 91.4 cm³/mol. The van der Waals surface area contributed by atoms with E-state index in [4.69, 9.17) is 14.0 Å². The summed E-state index contributed by atoms with van der Waals surface area (Å²) in [5, 5.41) is 6.53. The zero-order valence-electron chi connectivity index (χ0n) is 13.8. The molecule has 1 N–H and O–H groups in total. The van der Waals surface area contributed by atoms with E-state index >= 15 is 0 Å². The summed E-state index contributed by atoms with van der Waals surface area (Å²) in [5.41, 5.74) is 1.96. The zero-order valence-corrected chi connectivity index (χ0v) is 13.8. The molecule has 0 saturated carbocycles. The van der Waals surface area contributed by atoms with Crippen LogP contribution in [0.4, 0.5) is 0 Å². The van der Waals surface area contributed by atoms with E-state index < -0.39 is 0 Å². The second-order valence-electron chi connectivity index (χ2n) is 5.33. The van der Waals surface area contributed by atoms with Crippen LogP contribution in [0.15, 0.2) is 65.2 Å². The minimum atomic E-state index is -0.349. The molecule has 0 aliphatic rings. The quantitative estimate of drug-likeness (QED) is 0.716. The average Bonchev–Trinajstić information content (AvgIpc) is 3.15. The molecule has 3 rings (SSSR count). The number of benzene rings is 2. The molecule has 0 unspecified atom stereocenters. The number of hydrogen-bond donors (Lipinski definition) is 1. The molecule has 0 radical (unpaired) electrons. The van der Waals surface area contributed by atoms with Crippen molar-refractivity contribution in [1.82, 2.24) is 10.5 Å². The maximum atomic E-state index is 12.1. The van der Waals surface area contributed by atoms with Crippen LogP contribution in [0.3, 0.4) is 0 Å². The third-order valence-electron chi connectivity index (χ3n) is 3.55. The van der Waals surface area contributed by atoms with Crippen molar-refractivity contribution >= 4 is 5.91 Å². The summed E-state index contributed by atoms with van der Waals surface area (Å²) in [6, 6.07) is 18.6. The lowest BCUT2D eigenvalue weighted by molar-refractivity contribution is 0.0913. The van der Waals surface area contributed by atoms with Gasteiger partial charge in [-0.25, -0.2) is 0 Å². The molecule has 0 aliphatic heterocycles. The van der Waals surface area contributed by atoms with Crippen LogP contribution in [0.25, 0.3) is 0 Å². The second-order valence-corrected chi connectivity index (χ2v) is 5.33. The molecule has 0 aliphatic carbocycles. The van der Waals surface area contributed by atoms with Crippen LogP contribution in [0.1, 0.15) is 21.7 Å². The minimum absolute atomic E-state index is 0.108. The molecule has 1 amide bonds. The van der Waals surface area contributed by atoms with Gasteiger partial charge in [0.05, 0.1) is 13.2 Å². The number of carbonyl (C=O) groups excluding carboxylic acids is 1. The standard InChI is InChI=1S/C19H18N2O4/c1-23-16-9-7-14(8-10-16)12-20-19(22)17-11-18(21-25-17)24-13-15-5-3-2-4-6-15/h2-11H,12-13H2,1H3,(H,20,22). The molecule has 2 aromatic carbocycles. The van der Waals surface area contributed by atoms with Crippen LogP contribution in [0.5, 0.6) is 11.6 Å². The lowest BCUT2D eigenvalue weighted by Crippen LogP contribution is -2.22. The van der Waals surface area contributed by atoms with Crippen LogP contribution in [0.2, 0.25) is 0 Å². The molecule has 0 saturated heterocycles. The Morgan fingerprint density at radius 1 is 1.08 bits per heavy atom. The predicted octanol–water partition coefficient (Wildman–Crippen LogP) is 3.19. The molecule has 1 heterocycles. The first kappa shape index (κ1) is 16.6. The molecule has 0 fully saturated rings. The van der Waals surface area contributed by atoms with Gasteiger partial charge in [-0.1, -0.05) is 42.5 Å². The highest BCUT2D eigenvalue weighted by atomic mass is 16.5. The molecule has 6 heteroatoms. The summed E-state index contributed by atoms with van der Waals surface area (Å²) < 4.78 is 15.6. The topological polar surface area (TPSA) is 73.6 Å². The normalized spacial score (nSPS) is 10.3. The molecule has 0 bridgehead atoms. The summed E-state index contributed by atoms with van der Waals surface area (Å²) in [6.45, 7) is 0.740. The smallest absolute Gasteiger partial charge is 0.290 e. The molecular formula is C19H18N2O4. The number of methoxy groups -OCH3 is 1. The van der Waals surface area contributed by atoms with E-state index in [0.717, 1.165) is 16.9 Å². The van der Waals surface area contributed by atoms with Gasteiger partial charge in [-0.15, -0.1) is 0 Å². The highest BCUT2D eigenvalue weighted by Crippen LogP contribution is 2.14. The molecule has 6 nitrogen and oxygen atoms in total. The molecule has 25 heavy (non-hydrogen) atoms. The van der Waals surface area contributed by atoms with Crippen molar-refractivity contribution in [2.24, 2.45) is 0 Å². The summed E-state index contributed by atoms with van der Waals surface area (Å²) in [4.78, 5) is 12.1. The van der Waals surface area contributed by atoms with E-state index in [9.17, 15) is 4.79 Å². The minimum Gasteiger partial charge on any atom is -0.497 e. The number of amides is 1.